The molecule has 1 unspecified atom stereocenters. The summed E-state index contributed by atoms with van der Waals surface area (Å²) in [6.45, 7) is 6.54. The van der Waals surface area contributed by atoms with Crippen LogP contribution < -0.4 is 0 Å². The first-order chi connectivity index (χ1) is 13.1. The highest BCUT2D eigenvalue weighted by Crippen LogP contribution is 2.33. The number of hydrogen-bond donors (Lipinski definition) is 2. The van der Waals surface area contributed by atoms with Crippen LogP contribution in [0.2, 0.25) is 0 Å². The zero-order valence-corrected chi connectivity index (χ0v) is 14.9. The number of phenols is 1. The Bertz CT molecular complexity index is 1010. The second-order valence-corrected chi connectivity index (χ2v) is 6.53. The van der Waals surface area contributed by atoms with Crippen molar-refractivity contribution in [3.05, 3.63) is 54.7 Å². The molecule has 1 aromatic carbocycles. The Morgan fingerprint density at radius 2 is 2.19 bits per heavy atom. The minimum atomic E-state index is -0.257. The molecule has 7 heteroatoms. The summed E-state index contributed by atoms with van der Waals surface area (Å²) in [5.41, 5.74) is 2.65. The third kappa shape index (κ3) is 3.06. The third-order valence-corrected chi connectivity index (χ3v) is 4.85. The minimum absolute atomic E-state index is 0.130. The van der Waals surface area contributed by atoms with E-state index < -0.39 is 0 Å². The lowest BCUT2D eigenvalue weighted by molar-refractivity contribution is -0.140. The number of amides is 1. The van der Waals surface area contributed by atoms with E-state index in [-0.39, 0.29) is 23.8 Å². The number of benzene rings is 1. The lowest BCUT2D eigenvalue weighted by atomic mass is 10.0. The average Bonchev–Trinajstić information content (AvgIpc) is 3.10. The van der Waals surface area contributed by atoms with Crippen LogP contribution in [-0.4, -0.2) is 50.4 Å². The van der Waals surface area contributed by atoms with Crippen molar-refractivity contribution >= 4 is 16.9 Å². The number of fused-ring (bicyclic) bond motifs is 1. The van der Waals surface area contributed by atoms with Gasteiger partial charge in [-0.15, -0.1) is 10.2 Å². The maximum Gasteiger partial charge on any atom is 0.246 e. The third-order valence-electron chi connectivity index (χ3n) is 4.85. The molecule has 0 spiro atoms. The fourth-order valence-electron chi connectivity index (χ4n) is 3.54. The smallest absolute Gasteiger partial charge is 0.246 e. The van der Waals surface area contributed by atoms with Gasteiger partial charge in [0.25, 0.3) is 0 Å². The maximum atomic E-state index is 12.3. The van der Waals surface area contributed by atoms with Gasteiger partial charge in [0.05, 0.1) is 24.4 Å². The van der Waals surface area contributed by atoms with Gasteiger partial charge in [-0.25, -0.2) is 0 Å². The zero-order valence-electron chi connectivity index (χ0n) is 14.9. The molecule has 7 nitrogen and oxygen atoms in total. The van der Waals surface area contributed by atoms with Crippen molar-refractivity contribution in [2.45, 2.75) is 19.1 Å². The number of rotatable bonds is 3. The van der Waals surface area contributed by atoms with Crippen LogP contribution in [0.4, 0.5) is 0 Å². The molecular weight excluding hydrogens is 344 g/mol. The molecule has 1 amide bonds. The van der Waals surface area contributed by atoms with E-state index in [9.17, 15) is 9.90 Å². The average molecular weight is 364 g/mol. The molecule has 1 aliphatic rings. The fourth-order valence-corrected chi connectivity index (χ4v) is 3.54. The van der Waals surface area contributed by atoms with Crippen LogP contribution in [0.15, 0.2) is 49.1 Å². The topological polar surface area (TPSA) is 91.3 Å². The Hall–Kier alpha value is -3.19. The number of para-hydroxylation sites is 1. The molecule has 3 heterocycles. The number of nitrogens with zero attached hydrogens (tertiary/aromatic N) is 3. The van der Waals surface area contributed by atoms with E-state index in [1.54, 1.807) is 23.1 Å². The van der Waals surface area contributed by atoms with E-state index in [1.165, 1.54) is 6.08 Å². The number of hydrogen-bond acceptors (Lipinski definition) is 5. The van der Waals surface area contributed by atoms with Gasteiger partial charge in [-0.3, -0.25) is 4.79 Å². The minimum Gasteiger partial charge on any atom is -0.507 e. The van der Waals surface area contributed by atoms with E-state index in [4.69, 9.17) is 4.74 Å². The second kappa shape index (κ2) is 6.85. The normalized spacial score (nSPS) is 20.0. The molecule has 1 saturated heterocycles. The molecular formula is C20H20N4O3. The van der Waals surface area contributed by atoms with Crippen molar-refractivity contribution in [2.75, 3.05) is 13.2 Å². The van der Waals surface area contributed by atoms with E-state index in [0.29, 0.717) is 30.1 Å². The molecule has 0 bridgehead atoms. The fraction of sp³-hybridized carbons (Fsp3) is 0.250. The standard InChI is InChI=1S/C20H20N4O3/c1-3-18(26)24-8-9-27-12(2)19(24)16-11-13-10-15(22-23-20(13)21-16)14-6-4-5-7-17(14)25/h3-7,10-12,19,25H,1,8-9H2,2H3,(H,21,23)/t12-,19?/m0/s1. The van der Waals surface area contributed by atoms with Crippen LogP contribution in [0.25, 0.3) is 22.3 Å². The molecule has 2 atom stereocenters. The van der Waals surface area contributed by atoms with Crippen molar-refractivity contribution < 1.29 is 14.6 Å². The highest BCUT2D eigenvalue weighted by molar-refractivity contribution is 5.88. The lowest BCUT2D eigenvalue weighted by Crippen LogP contribution is -2.46. The van der Waals surface area contributed by atoms with E-state index in [1.807, 2.05) is 25.1 Å². The number of phenolic OH excluding ortho intramolecular Hbond substituents is 1. The number of aromatic amines is 1. The summed E-state index contributed by atoms with van der Waals surface area (Å²) < 4.78 is 5.76. The molecule has 1 aliphatic heterocycles. The van der Waals surface area contributed by atoms with Gasteiger partial charge in [0.2, 0.25) is 5.91 Å². The number of H-pyrrole nitrogens is 1. The number of ether oxygens (including phenoxy) is 1. The first kappa shape index (κ1) is 17.2. The van der Waals surface area contributed by atoms with Crippen LogP contribution in [0.3, 0.4) is 0 Å². The summed E-state index contributed by atoms with van der Waals surface area (Å²) in [4.78, 5) is 17.3. The van der Waals surface area contributed by atoms with Crippen LogP contribution in [0, 0.1) is 0 Å². The summed E-state index contributed by atoms with van der Waals surface area (Å²) >= 11 is 0. The van der Waals surface area contributed by atoms with Crippen LogP contribution in [-0.2, 0) is 9.53 Å². The Morgan fingerprint density at radius 1 is 1.37 bits per heavy atom. The zero-order chi connectivity index (χ0) is 19.0. The first-order valence-corrected chi connectivity index (χ1v) is 8.78. The number of carbonyl (C=O) groups excluding carboxylic acids is 1. The van der Waals surface area contributed by atoms with Crippen LogP contribution in [0.5, 0.6) is 5.75 Å². The number of morpholine rings is 1. The molecule has 2 N–H and O–H groups in total. The number of aromatic hydroxyl groups is 1. The van der Waals surface area contributed by atoms with Crippen LogP contribution >= 0.6 is 0 Å². The first-order valence-electron chi connectivity index (χ1n) is 8.78. The molecule has 0 radical (unpaired) electrons. The van der Waals surface area contributed by atoms with Crippen LogP contribution in [0.1, 0.15) is 18.7 Å². The molecule has 0 saturated carbocycles. The Labute approximate surface area is 156 Å². The Kier molecular flexibility index (Phi) is 4.37. The van der Waals surface area contributed by atoms with Crippen molar-refractivity contribution in [3.63, 3.8) is 0 Å². The van der Waals surface area contributed by atoms with Crippen molar-refractivity contribution in [3.8, 4) is 17.0 Å². The quantitative estimate of drug-likeness (QED) is 0.698. The molecule has 4 rings (SSSR count). The van der Waals surface area contributed by atoms with Crippen molar-refractivity contribution in [2.24, 2.45) is 0 Å². The Balaban J connectivity index is 1.75. The summed E-state index contributed by atoms with van der Waals surface area (Å²) in [5, 5.41) is 19.4. The molecule has 27 heavy (non-hydrogen) atoms. The van der Waals surface area contributed by atoms with Crippen molar-refractivity contribution in [1.82, 2.24) is 20.1 Å². The highest BCUT2D eigenvalue weighted by Gasteiger charge is 2.34. The largest absolute Gasteiger partial charge is 0.507 e. The summed E-state index contributed by atoms with van der Waals surface area (Å²) in [6.07, 6.45) is 1.16. The maximum absolute atomic E-state index is 12.3. The van der Waals surface area contributed by atoms with Gasteiger partial charge in [-0.2, -0.15) is 0 Å². The number of nitrogens with one attached hydrogen (secondary N) is 1. The van der Waals surface area contributed by atoms with Crippen molar-refractivity contribution in [1.29, 1.82) is 0 Å². The lowest BCUT2D eigenvalue weighted by Gasteiger charge is -2.38. The predicted molar refractivity (Wildman–Crippen MR) is 101 cm³/mol. The van der Waals surface area contributed by atoms with Gasteiger partial charge in [-0.05, 0) is 37.3 Å². The summed E-state index contributed by atoms with van der Waals surface area (Å²) in [6, 6.07) is 10.6. The van der Waals surface area contributed by atoms with Gasteiger partial charge in [0.15, 0.2) is 5.65 Å². The SMILES string of the molecule is C=CC(=O)N1CCO[C@@H](C)C1c1cc2cc(-c3ccccc3O)nnc2[nH]1. The van der Waals surface area contributed by atoms with E-state index in [0.717, 1.165) is 11.1 Å². The van der Waals surface area contributed by atoms with Gasteiger partial charge in [0, 0.05) is 23.2 Å². The monoisotopic (exact) mass is 364 g/mol. The highest BCUT2D eigenvalue weighted by atomic mass is 16.5. The Morgan fingerprint density at radius 3 is 2.96 bits per heavy atom. The molecule has 0 aliphatic carbocycles. The number of aromatic nitrogens is 3. The molecule has 3 aromatic rings. The van der Waals surface area contributed by atoms with Gasteiger partial charge < -0.3 is 19.7 Å². The van der Waals surface area contributed by atoms with Gasteiger partial charge >= 0.3 is 0 Å². The summed E-state index contributed by atoms with van der Waals surface area (Å²) in [5.74, 6) is 0.0220. The van der Waals surface area contributed by atoms with E-state index in [2.05, 4.69) is 21.8 Å². The summed E-state index contributed by atoms with van der Waals surface area (Å²) in [7, 11) is 0. The van der Waals surface area contributed by atoms with Gasteiger partial charge in [0.1, 0.15) is 5.75 Å². The molecule has 1 fully saturated rings. The van der Waals surface area contributed by atoms with E-state index >= 15 is 0 Å². The predicted octanol–water partition coefficient (Wildman–Crippen LogP) is 2.80. The number of carbonyl (C=O) groups is 1. The second-order valence-electron chi connectivity index (χ2n) is 6.53. The van der Waals surface area contributed by atoms with Gasteiger partial charge in [-0.1, -0.05) is 18.7 Å². The molecule has 138 valence electrons. The molecule has 2 aromatic heterocycles.